The normalized spacial score (nSPS) is 27.5. The summed E-state index contributed by atoms with van der Waals surface area (Å²) < 4.78 is 5.06. The molecule has 6 nitrogen and oxygen atoms in total. The lowest BCUT2D eigenvalue weighted by molar-refractivity contribution is -0.161. The maximum Gasteiger partial charge on any atom is 0.352 e. The molecule has 0 unspecified atom stereocenters. The van der Waals surface area contributed by atoms with Gasteiger partial charge in [-0.3, -0.25) is 4.79 Å². The third-order valence-corrected chi connectivity index (χ3v) is 3.50. The van der Waals surface area contributed by atoms with Crippen LogP contribution in [-0.2, 0) is 14.3 Å². The quantitative estimate of drug-likeness (QED) is 0.559. The van der Waals surface area contributed by atoms with Crippen LogP contribution in [0.2, 0.25) is 0 Å². The van der Waals surface area contributed by atoms with Crippen LogP contribution in [0, 0.1) is 5.92 Å². The van der Waals surface area contributed by atoms with E-state index in [4.69, 9.17) is 4.74 Å². The minimum absolute atomic E-state index is 0.00264. The Morgan fingerprint density at radius 3 is 2.84 bits per heavy atom. The molecule has 2 aliphatic heterocycles. The first-order valence-corrected chi connectivity index (χ1v) is 6.24. The van der Waals surface area contributed by atoms with E-state index < -0.39 is 18.0 Å². The number of aliphatic hydroxyl groups is 1. The van der Waals surface area contributed by atoms with Crippen LogP contribution in [0.5, 0.6) is 0 Å². The summed E-state index contributed by atoms with van der Waals surface area (Å²) in [5, 5.41) is 18.8. The molecule has 1 fully saturated rings. The Bertz CT molecular complexity index is 466. The minimum atomic E-state index is -1.13. The lowest BCUT2D eigenvalue weighted by atomic mass is 9.83. The van der Waals surface area contributed by atoms with Gasteiger partial charge in [0.1, 0.15) is 5.70 Å². The highest BCUT2D eigenvalue weighted by Gasteiger charge is 2.56. The van der Waals surface area contributed by atoms with Crippen molar-refractivity contribution in [3.63, 3.8) is 0 Å². The van der Waals surface area contributed by atoms with E-state index in [0.717, 1.165) is 0 Å². The van der Waals surface area contributed by atoms with Crippen molar-refractivity contribution in [1.82, 2.24) is 4.90 Å². The number of carbonyl (C=O) groups excluding carboxylic acids is 1. The van der Waals surface area contributed by atoms with Gasteiger partial charge in [-0.05, 0) is 31.9 Å². The SMILES string of the molecule is CCO/C=C/C1=C(C(=O)O)N2C(=O)[C@H]([C@@H](C)O)[C@H]2C1. The van der Waals surface area contributed by atoms with Crippen LogP contribution in [-0.4, -0.2) is 45.7 Å². The van der Waals surface area contributed by atoms with E-state index in [0.29, 0.717) is 18.6 Å². The number of fused-ring (bicyclic) bond motifs is 1. The number of aliphatic carboxylic acids is 1. The number of β-lactam (4-membered cyclic amide) rings is 1. The second kappa shape index (κ2) is 5.05. The molecule has 0 spiro atoms. The number of hydrogen-bond donors (Lipinski definition) is 2. The molecule has 6 heteroatoms. The van der Waals surface area contributed by atoms with Gasteiger partial charge in [0.05, 0.1) is 30.9 Å². The summed E-state index contributed by atoms with van der Waals surface area (Å²) in [6.07, 6.45) is 2.69. The number of carboxylic acids is 1. The lowest BCUT2D eigenvalue weighted by Crippen LogP contribution is -2.61. The zero-order chi connectivity index (χ0) is 14.2. The number of nitrogens with zero attached hydrogens (tertiary/aromatic N) is 1. The monoisotopic (exact) mass is 267 g/mol. The molecular weight excluding hydrogens is 250 g/mol. The molecule has 2 aliphatic rings. The van der Waals surface area contributed by atoms with E-state index in [2.05, 4.69) is 0 Å². The van der Waals surface area contributed by atoms with E-state index in [1.165, 1.54) is 11.2 Å². The van der Waals surface area contributed by atoms with E-state index in [9.17, 15) is 19.8 Å². The van der Waals surface area contributed by atoms with Gasteiger partial charge in [-0.15, -0.1) is 0 Å². The van der Waals surface area contributed by atoms with Gasteiger partial charge >= 0.3 is 5.97 Å². The molecule has 2 N–H and O–H groups in total. The van der Waals surface area contributed by atoms with Crippen molar-refractivity contribution in [3.8, 4) is 0 Å². The summed E-state index contributed by atoms with van der Waals surface area (Å²) in [5.41, 5.74) is 0.560. The summed E-state index contributed by atoms with van der Waals surface area (Å²) in [4.78, 5) is 24.4. The second-order valence-electron chi connectivity index (χ2n) is 4.68. The van der Waals surface area contributed by atoms with E-state index in [-0.39, 0.29) is 17.6 Å². The maximum atomic E-state index is 11.9. The van der Waals surface area contributed by atoms with Crippen LogP contribution in [0.1, 0.15) is 20.3 Å². The number of hydrogen-bond acceptors (Lipinski definition) is 4. The van der Waals surface area contributed by atoms with E-state index >= 15 is 0 Å². The molecule has 2 rings (SSSR count). The zero-order valence-electron chi connectivity index (χ0n) is 10.9. The topological polar surface area (TPSA) is 87.1 Å². The highest BCUT2D eigenvalue weighted by Crippen LogP contribution is 2.43. The molecule has 0 aromatic carbocycles. The summed E-state index contributed by atoms with van der Waals surface area (Å²) in [5.74, 6) is -1.96. The van der Waals surface area contributed by atoms with Gasteiger partial charge in [0.2, 0.25) is 5.91 Å². The van der Waals surface area contributed by atoms with E-state index in [1.54, 1.807) is 13.0 Å². The Morgan fingerprint density at radius 2 is 2.32 bits per heavy atom. The summed E-state index contributed by atoms with van der Waals surface area (Å²) in [6.45, 7) is 3.87. The van der Waals surface area contributed by atoms with Crippen molar-refractivity contribution in [3.05, 3.63) is 23.6 Å². The molecule has 0 bridgehead atoms. The highest BCUT2D eigenvalue weighted by molar-refractivity contribution is 6.00. The fourth-order valence-corrected chi connectivity index (χ4v) is 2.68. The van der Waals surface area contributed by atoms with Crippen molar-refractivity contribution in [1.29, 1.82) is 0 Å². The molecule has 0 radical (unpaired) electrons. The fraction of sp³-hybridized carbons (Fsp3) is 0.538. The van der Waals surface area contributed by atoms with Crippen molar-refractivity contribution in [2.45, 2.75) is 32.4 Å². The van der Waals surface area contributed by atoms with Crippen molar-refractivity contribution < 1.29 is 24.5 Å². The van der Waals surface area contributed by atoms with Crippen LogP contribution >= 0.6 is 0 Å². The van der Waals surface area contributed by atoms with Gasteiger partial charge in [-0.1, -0.05) is 0 Å². The van der Waals surface area contributed by atoms with E-state index in [1.807, 2.05) is 6.92 Å². The van der Waals surface area contributed by atoms with Crippen LogP contribution in [0.25, 0.3) is 0 Å². The number of carboxylic acid groups (broad SMARTS) is 1. The molecule has 19 heavy (non-hydrogen) atoms. The molecule has 0 saturated carbocycles. The molecule has 0 aromatic rings. The minimum Gasteiger partial charge on any atom is -0.501 e. The Hall–Kier alpha value is -1.82. The fourth-order valence-electron chi connectivity index (χ4n) is 2.68. The van der Waals surface area contributed by atoms with Crippen LogP contribution in [0.15, 0.2) is 23.6 Å². The van der Waals surface area contributed by atoms with Gasteiger partial charge in [-0.2, -0.15) is 0 Å². The molecule has 2 heterocycles. The first kappa shape index (κ1) is 13.6. The number of allylic oxidation sites excluding steroid dienone is 1. The Morgan fingerprint density at radius 1 is 1.63 bits per heavy atom. The van der Waals surface area contributed by atoms with Gasteiger partial charge in [0, 0.05) is 0 Å². The number of amides is 1. The summed E-state index contributed by atoms with van der Waals surface area (Å²) >= 11 is 0. The Balaban J connectivity index is 2.24. The zero-order valence-corrected chi connectivity index (χ0v) is 10.9. The molecule has 1 amide bonds. The van der Waals surface area contributed by atoms with Gasteiger partial charge in [-0.25, -0.2) is 4.79 Å². The Kier molecular flexibility index (Phi) is 3.61. The van der Waals surface area contributed by atoms with Crippen molar-refractivity contribution in [2.75, 3.05) is 6.61 Å². The lowest BCUT2D eigenvalue weighted by Gasteiger charge is -2.44. The standard InChI is InChI=1S/C13H17NO5/c1-3-19-5-4-8-6-9-10(7(2)15)12(16)14(9)11(8)13(17)18/h4-5,7,9-10,15H,3,6H2,1-2H3,(H,17,18)/b5-4+/t7-,9-,10-/m1/s1. The van der Waals surface area contributed by atoms with Gasteiger partial charge in [0.25, 0.3) is 0 Å². The number of aliphatic hydroxyl groups excluding tert-OH is 1. The third-order valence-electron chi connectivity index (χ3n) is 3.50. The number of carbonyl (C=O) groups is 2. The van der Waals surface area contributed by atoms with Gasteiger partial charge in [0.15, 0.2) is 0 Å². The predicted octanol–water partition coefficient (Wildman–Crippen LogP) is 0.487. The molecule has 3 atom stereocenters. The summed E-state index contributed by atoms with van der Waals surface area (Å²) in [7, 11) is 0. The van der Waals surface area contributed by atoms with Crippen molar-refractivity contribution >= 4 is 11.9 Å². The largest absolute Gasteiger partial charge is 0.501 e. The summed E-state index contributed by atoms with van der Waals surface area (Å²) in [6, 6.07) is -0.250. The van der Waals surface area contributed by atoms with Gasteiger partial charge < -0.3 is 19.8 Å². The van der Waals surface area contributed by atoms with Crippen LogP contribution < -0.4 is 0 Å². The average Bonchev–Trinajstić information content (AvgIpc) is 2.64. The van der Waals surface area contributed by atoms with Crippen LogP contribution in [0.3, 0.4) is 0 Å². The molecule has 104 valence electrons. The average molecular weight is 267 g/mol. The smallest absolute Gasteiger partial charge is 0.352 e. The predicted molar refractivity (Wildman–Crippen MR) is 65.8 cm³/mol. The third kappa shape index (κ3) is 2.12. The molecule has 1 saturated heterocycles. The number of ether oxygens (including phenoxy) is 1. The number of rotatable bonds is 5. The first-order valence-electron chi connectivity index (χ1n) is 6.24. The van der Waals surface area contributed by atoms with Crippen LogP contribution in [0.4, 0.5) is 0 Å². The Labute approximate surface area is 111 Å². The molecule has 0 aliphatic carbocycles. The molecule has 0 aromatic heterocycles. The highest BCUT2D eigenvalue weighted by atomic mass is 16.5. The van der Waals surface area contributed by atoms with Crippen molar-refractivity contribution in [2.24, 2.45) is 5.92 Å². The molecular formula is C13H17NO5. The second-order valence-corrected chi connectivity index (χ2v) is 4.68. The first-order chi connectivity index (χ1) is 8.99. The maximum absolute atomic E-state index is 11.9.